The average Bonchev–Trinajstić information content (AvgIpc) is 3.07. The number of amides is 1. The number of hydrogen-bond donors (Lipinski definition) is 1. The van der Waals surface area contributed by atoms with Crippen molar-refractivity contribution < 1.29 is 19.1 Å². The first-order valence-corrected chi connectivity index (χ1v) is 7.29. The molecular weight excluding hydrogens is 282 g/mol. The van der Waals surface area contributed by atoms with Crippen LogP contribution in [0.25, 0.3) is 0 Å². The molecule has 3 rings (SSSR count). The highest BCUT2D eigenvalue weighted by molar-refractivity contribution is 5.77. The van der Waals surface area contributed by atoms with Crippen molar-refractivity contribution in [3.05, 3.63) is 59.0 Å². The second kappa shape index (κ2) is 6.34. The lowest BCUT2D eigenvalue weighted by atomic mass is 9.95. The Hall–Kier alpha value is -2.11. The van der Waals surface area contributed by atoms with Gasteiger partial charge in [0.25, 0.3) is 0 Å². The number of fused-ring (bicyclic) bond motifs is 1. The Labute approximate surface area is 129 Å². The van der Waals surface area contributed by atoms with Crippen LogP contribution in [-0.2, 0) is 22.5 Å². The number of ether oxygens (including phenoxy) is 1. The van der Waals surface area contributed by atoms with Crippen LogP contribution in [0.15, 0.2) is 41.0 Å². The molecule has 1 aliphatic heterocycles. The molecule has 1 atom stereocenters. The molecule has 5 heteroatoms. The molecule has 5 nitrogen and oxygen atoms in total. The Bertz CT molecular complexity index is 651. The molecule has 0 spiro atoms. The van der Waals surface area contributed by atoms with Crippen molar-refractivity contribution in [2.75, 3.05) is 20.3 Å². The lowest BCUT2D eigenvalue weighted by molar-refractivity contribution is -0.136. The van der Waals surface area contributed by atoms with Gasteiger partial charge in [0.05, 0.1) is 6.26 Å². The van der Waals surface area contributed by atoms with Gasteiger partial charge in [-0.2, -0.15) is 0 Å². The molecule has 0 aliphatic carbocycles. The fourth-order valence-corrected chi connectivity index (χ4v) is 2.79. The van der Waals surface area contributed by atoms with E-state index in [1.54, 1.807) is 23.3 Å². The van der Waals surface area contributed by atoms with Gasteiger partial charge in [0.1, 0.15) is 18.5 Å². The molecule has 0 radical (unpaired) electrons. The van der Waals surface area contributed by atoms with E-state index in [0.717, 1.165) is 17.5 Å². The van der Waals surface area contributed by atoms with Crippen molar-refractivity contribution in [1.82, 2.24) is 4.90 Å². The van der Waals surface area contributed by atoms with Crippen molar-refractivity contribution in [2.24, 2.45) is 0 Å². The third-order valence-corrected chi connectivity index (χ3v) is 3.99. The van der Waals surface area contributed by atoms with Crippen molar-refractivity contribution in [3.8, 4) is 0 Å². The summed E-state index contributed by atoms with van der Waals surface area (Å²) in [6, 6.07) is 9.39. The standard InChI is InChI=1S/C17H19NO4/c1-21-11-16(19)18-7-6-12-4-5-13(9-14(12)10-18)17(20)15-3-2-8-22-15/h2-5,8-9,17,20H,6-7,10-11H2,1H3. The average molecular weight is 301 g/mol. The van der Waals surface area contributed by atoms with Crippen molar-refractivity contribution in [1.29, 1.82) is 0 Å². The SMILES string of the molecule is COCC(=O)N1CCc2ccc(C(O)c3ccco3)cc2C1. The van der Waals surface area contributed by atoms with Crippen LogP contribution in [0.1, 0.15) is 28.6 Å². The van der Waals surface area contributed by atoms with Crippen LogP contribution in [0.4, 0.5) is 0 Å². The molecular formula is C17H19NO4. The molecule has 1 aromatic carbocycles. The molecule has 1 aromatic heterocycles. The first kappa shape index (κ1) is 14.8. The van der Waals surface area contributed by atoms with Gasteiger partial charge in [-0.3, -0.25) is 4.79 Å². The summed E-state index contributed by atoms with van der Waals surface area (Å²) in [4.78, 5) is 13.7. The Morgan fingerprint density at radius 2 is 2.27 bits per heavy atom. The zero-order chi connectivity index (χ0) is 15.5. The summed E-state index contributed by atoms with van der Waals surface area (Å²) in [6.45, 7) is 1.36. The summed E-state index contributed by atoms with van der Waals surface area (Å²) in [5.74, 6) is 0.508. The van der Waals surface area contributed by atoms with Crippen LogP contribution in [0.2, 0.25) is 0 Å². The molecule has 0 bridgehead atoms. The predicted octanol–water partition coefficient (Wildman–Crippen LogP) is 1.89. The molecule has 22 heavy (non-hydrogen) atoms. The number of furan rings is 1. The number of aliphatic hydroxyl groups is 1. The molecule has 1 unspecified atom stereocenters. The van der Waals surface area contributed by atoms with Gasteiger partial charge >= 0.3 is 0 Å². The van der Waals surface area contributed by atoms with E-state index in [0.29, 0.717) is 18.8 Å². The number of benzene rings is 1. The molecule has 0 saturated heterocycles. The predicted molar refractivity (Wildman–Crippen MR) is 80.2 cm³/mol. The minimum Gasteiger partial charge on any atom is -0.466 e. The van der Waals surface area contributed by atoms with Gasteiger partial charge in [-0.05, 0) is 35.2 Å². The molecule has 0 saturated carbocycles. The maximum absolute atomic E-state index is 12.0. The Morgan fingerprint density at radius 1 is 1.41 bits per heavy atom. The molecule has 1 N–H and O–H groups in total. The molecule has 0 fully saturated rings. The summed E-state index contributed by atoms with van der Waals surface area (Å²) in [6.07, 6.45) is 1.58. The number of aliphatic hydroxyl groups excluding tert-OH is 1. The number of rotatable bonds is 4. The summed E-state index contributed by atoms with van der Waals surface area (Å²) in [7, 11) is 1.52. The summed E-state index contributed by atoms with van der Waals surface area (Å²) >= 11 is 0. The van der Waals surface area contributed by atoms with E-state index in [4.69, 9.17) is 9.15 Å². The van der Waals surface area contributed by atoms with Gasteiger partial charge in [-0.25, -0.2) is 0 Å². The topological polar surface area (TPSA) is 62.9 Å². The normalized spacial score (nSPS) is 15.5. The van der Waals surface area contributed by atoms with Crippen LogP contribution in [0, 0.1) is 0 Å². The van der Waals surface area contributed by atoms with E-state index in [1.165, 1.54) is 12.7 Å². The zero-order valence-corrected chi connectivity index (χ0v) is 12.5. The van der Waals surface area contributed by atoms with Crippen LogP contribution in [0.3, 0.4) is 0 Å². The van der Waals surface area contributed by atoms with Gasteiger partial charge in [0.2, 0.25) is 5.91 Å². The Morgan fingerprint density at radius 3 is 3.00 bits per heavy atom. The van der Waals surface area contributed by atoms with Crippen molar-refractivity contribution >= 4 is 5.91 Å². The lowest BCUT2D eigenvalue weighted by Gasteiger charge is -2.29. The van der Waals surface area contributed by atoms with Gasteiger partial charge in [0.15, 0.2) is 0 Å². The minimum atomic E-state index is -0.787. The smallest absolute Gasteiger partial charge is 0.248 e. The van der Waals surface area contributed by atoms with Crippen molar-refractivity contribution in [3.63, 3.8) is 0 Å². The third kappa shape index (κ3) is 2.91. The zero-order valence-electron chi connectivity index (χ0n) is 12.5. The Balaban J connectivity index is 1.81. The fraction of sp³-hybridized carbons (Fsp3) is 0.353. The fourth-order valence-electron chi connectivity index (χ4n) is 2.79. The highest BCUT2D eigenvalue weighted by Crippen LogP contribution is 2.27. The van der Waals surface area contributed by atoms with Gasteiger partial charge in [-0.15, -0.1) is 0 Å². The van der Waals surface area contributed by atoms with Crippen LogP contribution in [-0.4, -0.2) is 36.2 Å². The molecule has 1 amide bonds. The molecule has 116 valence electrons. The van der Waals surface area contributed by atoms with E-state index in [9.17, 15) is 9.90 Å². The molecule has 2 aromatic rings. The minimum absolute atomic E-state index is 0.00913. The van der Waals surface area contributed by atoms with Crippen LogP contribution < -0.4 is 0 Å². The van der Waals surface area contributed by atoms with E-state index < -0.39 is 6.10 Å². The number of hydrogen-bond acceptors (Lipinski definition) is 4. The second-order valence-electron chi connectivity index (χ2n) is 5.44. The second-order valence-corrected chi connectivity index (χ2v) is 5.44. The number of nitrogens with zero attached hydrogens (tertiary/aromatic N) is 1. The quantitative estimate of drug-likeness (QED) is 0.937. The monoisotopic (exact) mass is 301 g/mol. The van der Waals surface area contributed by atoms with Gasteiger partial charge < -0.3 is 19.2 Å². The van der Waals surface area contributed by atoms with Crippen LogP contribution in [0.5, 0.6) is 0 Å². The summed E-state index contributed by atoms with van der Waals surface area (Å²) in [5.41, 5.74) is 3.06. The van der Waals surface area contributed by atoms with E-state index in [2.05, 4.69) is 0 Å². The van der Waals surface area contributed by atoms with Gasteiger partial charge in [0, 0.05) is 20.2 Å². The number of carbonyl (C=O) groups is 1. The maximum atomic E-state index is 12.0. The lowest BCUT2D eigenvalue weighted by Crippen LogP contribution is -2.38. The first-order chi connectivity index (χ1) is 10.7. The highest BCUT2D eigenvalue weighted by atomic mass is 16.5. The summed E-state index contributed by atoms with van der Waals surface area (Å²) in [5, 5.41) is 10.3. The Kier molecular flexibility index (Phi) is 4.27. The maximum Gasteiger partial charge on any atom is 0.248 e. The largest absolute Gasteiger partial charge is 0.466 e. The number of carbonyl (C=O) groups excluding carboxylic acids is 1. The summed E-state index contributed by atoms with van der Waals surface area (Å²) < 4.78 is 10.2. The van der Waals surface area contributed by atoms with E-state index in [1.807, 2.05) is 18.2 Å². The van der Waals surface area contributed by atoms with E-state index in [-0.39, 0.29) is 12.5 Å². The highest BCUT2D eigenvalue weighted by Gasteiger charge is 2.22. The third-order valence-electron chi connectivity index (χ3n) is 3.99. The van der Waals surface area contributed by atoms with Crippen molar-refractivity contribution in [2.45, 2.75) is 19.1 Å². The van der Waals surface area contributed by atoms with Crippen LogP contribution >= 0.6 is 0 Å². The van der Waals surface area contributed by atoms with E-state index >= 15 is 0 Å². The molecule has 2 heterocycles. The first-order valence-electron chi connectivity index (χ1n) is 7.29. The number of methoxy groups -OCH3 is 1. The molecule has 1 aliphatic rings. The van der Waals surface area contributed by atoms with Gasteiger partial charge in [-0.1, -0.05) is 18.2 Å².